The Morgan fingerprint density at radius 2 is 1.67 bits per heavy atom. The topological polar surface area (TPSA) is 9.23 Å². The van der Waals surface area contributed by atoms with E-state index in [0.717, 1.165) is 5.75 Å². The molecule has 1 atom stereocenters. The van der Waals surface area contributed by atoms with Gasteiger partial charge in [-0.05, 0) is 49.8 Å². The van der Waals surface area contributed by atoms with Crippen LogP contribution in [0.4, 0.5) is 0 Å². The first-order valence-electron chi connectivity index (χ1n) is 6.92. The molecule has 0 radical (unpaired) electrons. The smallest absolute Gasteiger partial charge is 0.119 e. The van der Waals surface area contributed by atoms with Crippen LogP contribution in [-0.4, -0.2) is 6.10 Å². The molecular weight excluding hydrogens is 288 g/mol. The van der Waals surface area contributed by atoms with Gasteiger partial charge in [0.15, 0.2) is 0 Å². The SMILES string of the molecule is CC(C)Oc1ccc(C(Br)C2(C)CCCC2)cc1. The van der Waals surface area contributed by atoms with Crippen LogP contribution in [0.1, 0.15) is 56.8 Å². The predicted octanol–water partition coefficient (Wildman–Crippen LogP) is 5.49. The lowest BCUT2D eigenvalue weighted by Crippen LogP contribution is -2.17. The lowest BCUT2D eigenvalue weighted by atomic mass is 9.82. The maximum absolute atomic E-state index is 5.68. The summed E-state index contributed by atoms with van der Waals surface area (Å²) in [5.74, 6) is 0.963. The van der Waals surface area contributed by atoms with Gasteiger partial charge in [-0.2, -0.15) is 0 Å². The maximum Gasteiger partial charge on any atom is 0.119 e. The Morgan fingerprint density at radius 3 is 2.17 bits per heavy atom. The highest BCUT2D eigenvalue weighted by molar-refractivity contribution is 9.09. The Morgan fingerprint density at radius 1 is 1.11 bits per heavy atom. The van der Waals surface area contributed by atoms with Crippen LogP contribution >= 0.6 is 15.9 Å². The molecule has 0 aliphatic heterocycles. The van der Waals surface area contributed by atoms with Gasteiger partial charge in [-0.1, -0.05) is 47.8 Å². The van der Waals surface area contributed by atoms with Crippen LogP contribution in [0.5, 0.6) is 5.75 Å². The molecule has 1 aromatic carbocycles. The Kier molecular flexibility index (Phi) is 4.37. The summed E-state index contributed by atoms with van der Waals surface area (Å²) in [4.78, 5) is 0.459. The minimum atomic E-state index is 0.239. The molecule has 1 fully saturated rings. The molecule has 1 aliphatic rings. The summed E-state index contributed by atoms with van der Waals surface area (Å²) in [5.41, 5.74) is 1.79. The van der Waals surface area contributed by atoms with Crippen molar-refractivity contribution in [3.05, 3.63) is 29.8 Å². The van der Waals surface area contributed by atoms with Crippen molar-refractivity contribution in [3.8, 4) is 5.75 Å². The minimum absolute atomic E-state index is 0.239. The van der Waals surface area contributed by atoms with Crippen molar-refractivity contribution >= 4 is 15.9 Å². The molecule has 0 spiro atoms. The van der Waals surface area contributed by atoms with E-state index in [-0.39, 0.29) is 6.10 Å². The maximum atomic E-state index is 5.68. The first-order chi connectivity index (χ1) is 8.51. The highest BCUT2D eigenvalue weighted by Gasteiger charge is 2.36. The van der Waals surface area contributed by atoms with E-state index in [9.17, 15) is 0 Å². The third kappa shape index (κ3) is 3.09. The zero-order chi connectivity index (χ0) is 13.2. The highest BCUT2D eigenvalue weighted by atomic mass is 79.9. The fraction of sp³-hybridized carbons (Fsp3) is 0.625. The van der Waals surface area contributed by atoms with Crippen LogP contribution in [0.2, 0.25) is 0 Å². The number of ether oxygens (including phenoxy) is 1. The number of hydrogen-bond donors (Lipinski definition) is 0. The summed E-state index contributed by atoms with van der Waals surface area (Å²) >= 11 is 3.90. The normalized spacial score (nSPS) is 20.1. The van der Waals surface area contributed by atoms with Gasteiger partial charge in [-0.3, -0.25) is 0 Å². The molecule has 18 heavy (non-hydrogen) atoms. The summed E-state index contributed by atoms with van der Waals surface area (Å²) in [7, 11) is 0. The van der Waals surface area contributed by atoms with Crippen molar-refractivity contribution in [1.29, 1.82) is 0 Å². The van der Waals surface area contributed by atoms with Gasteiger partial charge in [-0.25, -0.2) is 0 Å². The zero-order valence-electron chi connectivity index (χ0n) is 11.6. The largest absolute Gasteiger partial charge is 0.491 e. The Bertz CT molecular complexity index is 377. The van der Waals surface area contributed by atoms with Crippen LogP contribution < -0.4 is 4.74 Å². The Hall–Kier alpha value is -0.500. The second-order valence-corrected chi connectivity index (χ2v) is 6.88. The van der Waals surface area contributed by atoms with Crippen LogP contribution in [-0.2, 0) is 0 Å². The average molecular weight is 311 g/mol. The third-order valence-electron chi connectivity index (χ3n) is 3.90. The summed E-state index contributed by atoms with van der Waals surface area (Å²) in [6.45, 7) is 6.51. The summed E-state index contributed by atoms with van der Waals surface area (Å²) < 4.78 is 5.68. The van der Waals surface area contributed by atoms with Gasteiger partial charge >= 0.3 is 0 Å². The van der Waals surface area contributed by atoms with Gasteiger partial charge in [0.2, 0.25) is 0 Å². The zero-order valence-corrected chi connectivity index (χ0v) is 13.2. The van der Waals surface area contributed by atoms with Gasteiger partial charge in [0.1, 0.15) is 5.75 Å². The molecule has 0 bridgehead atoms. The highest BCUT2D eigenvalue weighted by Crippen LogP contribution is 2.51. The number of hydrogen-bond acceptors (Lipinski definition) is 1. The number of alkyl halides is 1. The number of halogens is 1. The summed E-state index contributed by atoms with van der Waals surface area (Å²) in [6, 6.07) is 8.56. The quantitative estimate of drug-likeness (QED) is 0.668. The monoisotopic (exact) mass is 310 g/mol. The molecule has 1 saturated carbocycles. The van der Waals surface area contributed by atoms with Gasteiger partial charge in [0.25, 0.3) is 0 Å². The second-order valence-electron chi connectivity index (χ2n) is 5.96. The molecule has 1 aliphatic carbocycles. The molecule has 0 N–H and O–H groups in total. The minimum Gasteiger partial charge on any atom is -0.491 e. The van der Waals surface area contributed by atoms with Gasteiger partial charge < -0.3 is 4.74 Å². The molecular formula is C16H23BrO. The van der Waals surface area contributed by atoms with Crippen LogP contribution in [0.25, 0.3) is 0 Å². The first-order valence-corrected chi connectivity index (χ1v) is 7.83. The van der Waals surface area contributed by atoms with Crippen LogP contribution in [0.15, 0.2) is 24.3 Å². The van der Waals surface area contributed by atoms with E-state index in [4.69, 9.17) is 4.74 Å². The summed E-state index contributed by atoms with van der Waals surface area (Å²) in [6.07, 6.45) is 5.63. The molecule has 1 unspecified atom stereocenters. The van der Waals surface area contributed by atoms with E-state index in [1.54, 1.807) is 0 Å². The second kappa shape index (κ2) is 5.64. The molecule has 1 nitrogen and oxygen atoms in total. The van der Waals surface area contributed by atoms with Crippen molar-refractivity contribution in [2.24, 2.45) is 5.41 Å². The number of benzene rings is 1. The Labute approximate surface area is 119 Å². The van der Waals surface area contributed by atoms with E-state index in [0.29, 0.717) is 10.2 Å². The average Bonchev–Trinajstić information content (AvgIpc) is 2.77. The fourth-order valence-electron chi connectivity index (χ4n) is 2.83. The predicted molar refractivity (Wildman–Crippen MR) is 80.4 cm³/mol. The van der Waals surface area contributed by atoms with E-state index < -0.39 is 0 Å². The molecule has 100 valence electrons. The Balaban J connectivity index is 2.09. The molecule has 0 aromatic heterocycles. The first kappa shape index (κ1) is 13.9. The fourth-order valence-corrected chi connectivity index (χ4v) is 3.59. The molecule has 0 heterocycles. The van der Waals surface area contributed by atoms with Crippen molar-refractivity contribution in [3.63, 3.8) is 0 Å². The molecule has 2 heteroatoms. The van der Waals surface area contributed by atoms with Crippen molar-refractivity contribution in [1.82, 2.24) is 0 Å². The van der Waals surface area contributed by atoms with Gasteiger partial charge in [0.05, 0.1) is 6.10 Å². The van der Waals surface area contributed by atoms with E-state index in [2.05, 4.69) is 61.0 Å². The molecule has 0 saturated heterocycles. The number of rotatable bonds is 4. The van der Waals surface area contributed by atoms with Crippen LogP contribution in [0.3, 0.4) is 0 Å². The van der Waals surface area contributed by atoms with Crippen molar-refractivity contribution < 1.29 is 4.74 Å². The van der Waals surface area contributed by atoms with E-state index in [1.807, 2.05) is 0 Å². The summed E-state index contributed by atoms with van der Waals surface area (Å²) in [5, 5.41) is 0. The van der Waals surface area contributed by atoms with Crippen molar-refractivity contribution in [2.75, 3.05) is 0 Å². The standard InChI is InChI=1S/C16H23BrO/c1-12(2)18-14-8-6-13(7-9-14)15(17)16(3)10-4-5-11-16/h6-9,12,15H,4-5,10-11H2,1-3H3. The van der Waals surface area contributed by atoms with Gasteiger partial charge in [0, 0.05) is 4.83 Å². The molecule has 1 aromatic rings. The van der Waals surface area contributed by atoms with E-state index in [1.165, 1.54) is 31.2 Å². The molecule has 2 rings (SSSR count). The van der Waals surface area contributed by atoms with Gasteiger partial charge in [-0.15, -0.1) is 0 Å². The van der Waals surface area contributed by atoms with Crippen LogP contribution in [0, 0.1) is 5.41 Å². The third-order valence-corrected chi connectivity index (χ3v) is 5.54. The van der Waals surface area contributed by atoms with Crippen molar-refractivity contribution in [2.45, 2.75) is 57.4 Å². The lowest BCUT2D eigenvalue weighted by molar-refractivity contribution is 0.242. The van der Waals surface area contributed by atoms with E-state index >= 15 is 0 Å². The lowest BCUT2D eigenvalue weighted by Gasteiger charge is -2.30. The molecule has 0 amide bonds.